The maximum absolute atomic E-state index is 15.1. The number of hydrogen-bond acceptors (Lipinski definition) is 24. The summed E-state index contributed by atoms with van der Waals surface area (Å²) in [6.45, 7) is 28.4. The molecule has 6 unspecified atom stereocenters. The molecule has 0 aromatic rings. The summed E-state index contributed by atoms with van der Waals surface area (Å²) >= 11 is 0. The van der Waals surface area contributed by atoms with Gasteiger partial charge in [-0.1, -0.05) is 41.5 Å². The summed E-state index contributed by atoms with van der Waals surface area (Å²) in [5, 5.41) is 0. The molecule has 0 saturated heterocycles. The molecule has 0 amide bonds. The summed E-state index contributed by atoms with van der Waals surface area (Å²) in [5.41, 5.74) is 0. The summed E-state index contributed by atoms with van der Waals surface area (Å²) in [5.74, 6) is -9.06. The van der Waals surface area contributed by atoms with Gasteiger partial charge in [0.2, 0.25) is 0 Å². The van der Waals surface area contributed by atoms with E-state index in [-0.39, 0.29) is 118 Å². The molecule has 0 rings (SSSR count). The Balaban J connectivity index is 9.92. The molecule has 76 heavy (non-hydrogen) atoms. The van der Waals surface area contributed by atoms with Crippen LogP contribution in [0.25, 0.3) is 0 Å². The lowest BCUT2D eigenvalue weighted by Crippen LogP contribution is -2.57. The highest BCUT2D eigenvalue weighted by molar-refractivity contribution is 7.56. The van der Waals surface area contributed by atoms with Crippen LogP contribution in [0.3, 0.4) is 0 Å². The van der Waals surface area contributed by atoms with E-state index < -0.39 is 110 Å². The highest BCUT2D eigenvalue weighted by Crippen LogP contribution is 2.64. The number of hydrogen-bond donors (Lipinski definition) is 0. The van der Waals surface area contributed by atoms with Gasteiger partial charge in [-0.3, -0.25) is 27.4 Å². The first-order chi connectivity index (χ1) is 35.9. The third kappa shape index (κ3) is 22.9. The van der Waals surface area contributed by atoms with Crippen molar-refractivity contribution in [3.05, 3.63) is 0 Å². The quantitative estimate of drug-likeness (QED) is 0.0404. The van der Waals surface area contributed by atoms with Crippen LogP contribution in [0.2, 0.25) is 12.1 Å². The Morgan fingerprint density at radius 1 is 0.224 bits per heavy atom. The topological polar surface area (TPSA) is 269 Å². The van der Waals surface area contributed by atoms with Crippen LogP contribution in [0.15, 0.2) is 0 Å². The first-order valence-corrected chi connectivity index (χ1v) is 40.9. The fraction of sp³-hybridized carbons (Fsp3) is 1.00. The summed E-state index contributed by atoms with van der Waals surface area (Å²) in [7, 11) is -36.3. The van der Waals surface area contributed by atoms with Crippen molar-refractivity contribution in [2.24, 2.45) is 0 Å². The molecule has 32 heteroatoms. The minimum Gasteiger partial charge on any atom is -0.358 e. The van der Waals surface area contributed by atoms with E-state index in [0.29, 0.717) is 0 Å². The fourth-order valence-electron chi connectivity index (χ4n) is 7.68. The molecule has 0 spiro atoms. The van der Waals surface area contributed by atoms with Crippen LogP contribution < -0.4 is 0 Å². The Bertz CT molecular complexity index is 1480. The monoisotopic (exact) mass is 1250 g/mol. The molecular formula is C44H100O24P6Si2. The SMILES string of the molecule is CCOP(=O)(OCC)C(CC)O[Si](CC[Si](OC(CC)P(=O)(OCC)OCC)(OC(CC)P(=O)(OCC)OCC)OC(CC)P(=O)(OCC)OCC)(OC(CC)P(=O)(OCC)OCC)OC(CC)P(=O)(OCC)OCC. The summed E-state index contributed by atoms with van der Waals surface area (Å²) in [6, 6.07) is -1.18. The van der Waals surface area contributed by atoms with Gasteiger partial charge in [-0.05, 0) is 122 Å². The average molecular weight is 1260 g/mol. The maximum Gasteiger partial charge on any atom is 0.503 e. The fourth-order valence-corrected chi connectivity index (χ4v) is 30.1. The average Bonchev–Trinajstić information content (AvgIpc) is 3.36. The van der Waals surface area contributed by atoms with Crippen molar-refractivity contribution in [2.75, 3.05) is 79.3 Å². The van der Waals surface area contributed by atoms with E-state index >= 15 is 27.4 Å². The van der Waals surface area contributed by atoms with Crippen LogP contribution in [0.5, 0.6) is 0 Å². The molecule has 0 bridgehead atoms. The van der Waals surface area contributed by atoms with E-state index in [0.717, 1.165) is 0 Å². The summed E-state index contributed by atoms with van der Waals surface area (Å²) in [4.78, 5) is 0. The highest BCUT2D eigenvalue weighted by Gasteiger charge is 2.62. The Morgan fingerprint density at radius 3 is 0.408 bits per heavy atom. The van der Waals surface area contributed by atoms with Crippen LogP contribution in [0, 0.1) is 0 Å². The van der Waals surface area contributed by atoms with E-state index in [9.17, 15) is 0 Å². The predicted octanol–water partition coefficient (Wildman–Crippen LogP) is 15.0. The Hall–Kier alpha value is 1.09. The van der Waals surface area contributed by atoms with Gasteiger partial charge in [0.05, 0.1) is 79.3 Å². The minimum atomic E-state index is -5.17. The molecule has 0 fully saturated rings. The van der Waals surface area contributed by atoms with Gasteiger partial charge in [0.15, 0.2) is 35.1 Å². The standard InChI is InChI=1S/C44H100O24P6Si2/c1-19-39(69(45,51-25-7)52-26-8)63-75(64-40(20-2)70(46,53-27-9)54-28-10,65-41(21-3)71(47,55-29-11)56-30-12)37-38-76(66-42(22-4)72(48,57-31-13)58-32-14,67-43(23-5)73(49,59-33-15)60-34-16)68-44(24-6)74(50,61-35-17)62-36-18/h39-44H,19-38H2,1-18H3. The molecule has 0 heterocycles. The van der Waals surface area contributed by atoms with Crippen LogP contribution in [0.1, 0.15) is 163 Å². The van der Waals surface area contributed by atoms with E-state index in [4.69, 9.17) is 80.8 Å². The second-order valence-corrected chi connectivity index (χ2v) is 34.2. The molecule has 6 atom stereocenters. The Kier molecular flexibility index (Phi) is 39.4. The number of rotatable bonds is 51. The third-order valence-electron chi connectivity index (χ3n) is 10.6. The second kappa shape index (κ2) is 38.9. The van der Waals surface area contributed by atoms with E-state index in [1.807, 2.05) is 0 Å². The molecule has 0 aliphatic carbocycles. The van der Waals surface area contributed by atoms with Crippen molar-refractivity contribution >= 4 is 63.2 Å². The maximum atomic E-state index is 15.1. The molecule has 0 saturated carbocycles. The molecular weight excluding hydrogens is 1150 g/mol. The highest BCUT2D eigenvalue weighted by atomic mass is 31.2. The molecule has 0 N–H and O–H groups in total. The molecule has 0 aromatic heterocycles. The van der Waals surface area contributed by atoms with Crippen molar-refractivity contribution in [3.8, 4) is 0 Å². The second-order valence-electron chi connectivity index (χ2n) is 16.0. The largest absolute Gasteiger partial charge is 0.503 e. The van der Waals surface area contributed by atoms with E-state index in [1.54, 1.807) is 125 Å². The zero-order valence-electron chi connectivity index (χ0n) is 49.1. The lowest BCUT2D eigenvalue weighted by atomic mass is 10.5. The van der Waals surface area contributed by atoms with Crippen molar-refractivity contribution < 1.29 is 108 Å². The van der Waals surface area contributed by atoms with Crippen LogP contribution in [0.4, 0.5) is 0 Å². The molecule has 458 valence electrons. The third-order valence-corrected chi connectivity index (χ3v) is 32.3. The van der Waals surface area contributed by atoms with Crippen molar-refractivity contribution in [3.63, 3.8) is 0 Å². The molecule has 0 aliphatic heterocycles. The summed E-state index contributed by atoms with van der Waals surface area (Å²) < 4.78 is 204. The van der Waals surface area contributed by atoms with Gasteiger partial charge in [0.25, 0.3) is 0 Å². The molecule has 0 radical (unpaired) electrons. The van der Waals surface area contributed by atoms with Gasteiger partial charge in [-0.15, -0.1) is 0 Å². The Morgan fingerprint density at radius 2 is 0.329 bits per heavy atom. The van der Waals surface area contributed by atoms with Crippen molar-refractivity contribution in [2.45, 2.75) is 210 Å². The van der Waals surface area contributed by atoms with Crippen LogP contribution in [-0.4, -0.2) is 132 Å². The van der Waals surface area contributed by atoms with E-state index in [2.05, 4.69) is 0 Å². The van der Waals surface area contributed by atoms with Crippen LogP contribution in [-0.2, 0) is 108 Å². The van der Waals surface area contributed by atoms with E-state index in [1.165, 1.54) is 0 Å². The predicted molar refractivity (Wildman–Crippen MR) is 297 cm³/mol. The zero-order valence-corrected chi connectivity index (χ0v) is 56.5. The van der Waals surface area contributed by atoms with Gasteiger partial charge in [-0.25, -0.2) is 0 Å². The van der Waals surface area contributed by atoms with Gasteiger partial charge >= 0.3 is 63.2 Å². The molecule has 0 aliphatic rings. The van der Waals surface area contributed by atoms with Crippen LogP contribution >= 0.6 is 45.6 Å². The van der Waals surface area contributed by atoms with Gasteiger partial charge < -0.3 is 80.8 Å². The van der Waals surface area contributed by atoms with Gasteiger partial charge in [0.1, 0.15) is 0 Å². The van der Waals surface area contributed by atoms with Crippen molar-refractivity contribution in [1.82, 2.24) is 0 Å². The normalized spacial score (nSPS) is 17.4. The first-order valence-electron chi connectivity index (χ1n) is 27.3. The lowest BCUT2D eigenvalue weighted by Gasteiger charge is -2.43. The lowest BCUT2D eigenvalue weighted by molar-refractivity contribution is -0.00607. The van der Waals surface area contributed by atoms with Crippen molar-refractivity contribution in [1.29, 1.82) is 0 Å². The van der Waals surface area contributed by atoms with Gasteiger partial charge in [-0.2, -0.15) is 0 Å². The Labute approximate surface area is 459 Å². The van der Waals surface area contributed by atoms with Gasteiger partial charge in [0, 0.05) is 12.1 Å². The smallest absolute Gasteiger partial charge is 0.358 e. The molecule has 0 aromatic carbocycles. The first kappa shape index (κ1) is 77.1. The summed E-state index contributed by atoms with van der Waals surface area (Å²) in [6.07, 6.45) is -0.423. The minimum absolute atomic E-state index is 0.0705. The molecule has 24 nitrogen and oxygen atoms in total. The zero-order chi connectivity index (χ0) is 58.3.